The second kappa shape index (κ2) is 9.88. The summed E-state index contributed by atoms with van der Waals surface area (Å²) in [6.45, 7) is 4.35. The Balaban J connectivity index is 2.06. The van der Waals surface area contributed by atoms with Gasteiger partial charge < -0.3 is 14.8 Å². The molecule has 1 amide bonds. The van der Waals surface area contributed by atoms with Gasteiger partial charge in [-0.25, -0.2) is 22.3 Å². The predicted molar refractivity (Wildman–Crippen MR) is 112 cm³/mol. The van der Waals surface area contributed by atoms with Crippen molar-refractivity contribution in [2.24, 2.45) is 0 Å². The lowest BCUT2D eigenvalue weighted by Crippen LogP contribution is -2.40. The van der Waals surface area contributed by atoms with Crippen molar-refractivity contribution in [2.45, 2.75) is 37.8 Å². The van der Waals surface area contributed by atoms with Gasteiger partial charge in [0.05, 0.1) is 12.7 Å². The molecule has 31 heavy (non-hydrogen) atoms. The minimum atomic E-state index is -3.99. The van der Waals surface area contributed by atoms with Gasteiger partial charge in [-0.15, -0.1) is 0 Å². The maximum absolute atomic E-state index is 13.6. The number of sulfonamides is 1. The number of carbonyl (C=O) groups is 2. The van der Waals surface area contributed by atoms with Gasteiger partial charge in [0.1, 0.15) is 16.5 Å². The number of nitrogens with one attached hydrogen (secondary N) is 2. The Morgan fingerprint density at radius 2 is 1.77 bits per heavy atom. The minimum Gasteiger partial charge on any atom is -0.495 e. The van der Waals surface area contributed by atoms with E-state index in [0.29, 0.717) is 5.56 Å². The molecule has 0 unspecified atom stereocenters. The number of halogens is 1. The zero-order valence-corrected chi connectivity index (χ0v) is 18.5. The van der Waals surface area contributed by atoms with E-state index in [1.807, 2.05) is 0 Å². The zero-order valence-electron chi connectivity index (χ0n) is 17.7. The fourth-order valence-electron chi connectivity index (χ4n) is 2.57. The van der Waals surface area contributed by atoms with Crippen LogP contribution in [0.3, 0.4) is 0 Å². The molecule has 10 heteroatoms. The molecule has 0 spiro atoms. The summed E-state index contributed by atoms with van der Waals surface area (Å²) < 4.78 is 51.5. The Hall–Kier alpha value is -2.98. The van der Waals surface area contributed by atoms with Crippen LogP contribution < -0.4 is 14.8 Å². The van der Waals surface area contributed by atoms with Crippen molar-refractivity contribution in [3.05, 3.63) is 59.4 Å². The van der Waals surface area contributed by atoms with Gasteiger partial charge in [-0.3, -0.25) is 4.79 Å². The third-order valence-electron chi connectivity index (χ3n) is 3.90. The first kappa shape index (κ1) is 24.3. The van der Waals surface area contributed by atoms with Crippen molar-refractivity contribution in [3.8, 4) is 5.75 Å². The largest absolute Gasteiger partial charge is 0.495 e. The quantitative estimate of drug-likeness (QED) is 0.595. The van der Waals surface area contributed by atoms with E-state index in [0.717, 1.165) is 6.07 Å². The van der Waals surface area contributed by atoms with Crippen LogP contribution in [0.4, 0.5) is 4.39 Å². The van der Waals surface area contributed by atoms with Crippen LogP contribution in [0.25, 0.3) is 0 Å². The highest BCUT2D eigenvalue weighted by atomic mass is 32.2. The van der Waals surface area contributed by atoms with Crippen LogP contribution in [-0.4, -0.2) is 39.5 Å². The first-order chi connectivity index (χ1) is 14.4. The van der Waals surface area contributed by atoms with Gasteiger partial charge in [0.2, 0.25) is 10.0 Å². The molecule has 168 valence electrons. The Morgan fingerprint density at radius 1 is 1.10 bits per heavy atom. The summed E-state index contributed by atoms with van der Waals surface area (Å²) in [5.74, 6) is -1.94. The maximum Gasteiger partial charge on any atom is 0.338 e. The molecule has 0 atom stereocenters. The standard InChI is InChI=1S/C21H25FN2O6S/c1-21(2,3)24-31(27,28)18-11-14(9-10-17(18)29-4)20(26)30-13-19(25)23-12-15-7-5-6-8-16(15)22/h5-11,24H,12-13H2,1-4H3,(H,23,25). The van der Waals surface area contributed by atoms with E-state index in [2.05, 4.69) is 10.0 Å². The number of carbonyl (C=O) groups excluding carboxylic acids is 2. The highest BCUT2D eigenvalue weighted by Crippen LogP contribution is 2.26. The number of hydrogen-bond donors (Lipinski definition) is 2. The number of amides is 1. The molecule has 0 aliphatic carbocycles. The van der Waals surface area contributed by atoms with Gasteiger partial charge >= 0.3 is 5.97 Å². The number of hydrogen-bond acceptors (Lipinski definition) is 6. The summed E-state index contributed by atoms with van der Waals surface area (Å²) in [5.41, 5.74) is -0.535. The number of methoxy groups -OCH3 is 1. The Kier molecular flexibility index (Phi) is 7.75. The van der Waals surface area contributed by atoms with Gasteiger partial charge in [-0.2, -0.15) is 0 Å². The first-order valence-electron chi connectivity index (χ1n) is 9.32. The van der Waals surface area contributed by atoms with Crippen LogP contribution >= 0.6 is 0 Å². The Labute approximate surface area is 180 Å². The molecule has 0 radical (unpaired) electrons. The molecule has 2 aromatic carbocycles. The van der Waals surface area contributed by atoms with Crippen molar-refractivity contribution in [2.75, 3.05) is 13.7 Å². The lowest BCUT2D eigenvalue weighted by molar-refractivity contribution is -0.124. The average molecular weight is 453 g/mol. The summed E-state index contributed by atoms with van der Waals surface area (Å²) in [7, 11) is -2.68. The number of ether oxygens (including phenoxy) is 2. The number of benzene rings is 2. The summed E-state index contributed by atoms with van der Waals surface area (Å²) in [4.78, 5) is 24.0. The van der Waals surface area contributed by atoms with Gasteiger partial charge in [0, 0.05) is 17.6 Å². The second-order valence-corrected chi connectivity index (χ2v) is 9.32. The van der Waals surface area contributed by atoms with E-state index in [-0.39, 0.29) is 22.8 Å². The summed E-state index contributed by atoms with van der Waals surface area (Å²) >= 11 is 0. The number of rotatable bonds is 8. The van der Waals surface area contributed by atoms with Crippen LogP contribution in [0.15, 0.2) is 47.4 Å². The maximum atomic E-state index is 13.6. The second-order valence-electron chi connectivity index (χ2n) is 7.67. The summed E-state index contributed by atoms with van der Waals surface area (Å²) in [6.07, 6.45) is 0. The molecule has 0 fully saturated rings. The fraction of sp³-hybridized carbons (Fsp3) is 0.333. The third-order valence-corrected chi connectivity index (χ3v) is 5.68. The van der Waals surface area contributed by atoms with Crippen molar-refractivity contribution < 1.29 is 31.9 Å². The molecular formula is C21H25FN2O6S. The fourth-order valence-corrected chi connectivity index (χ4v) is 4.19. The normalized spacial score (nSPS) is 11.6. The average Bonchev–Trinajstić information content (AvgIpc) is 2.69. The molecule has 0 saturated carbocycles. The van der Waals surface area contributed by atoms with Gasteiger partial charge in [-0.05, 0) is 45.0 Å². The van der Waals surface area contributed by atoms with Gasteiger partial charge in [0.15, 0.2) is 6.61 Å². The van der Waals surface area contributed by atoms with Crippen LogP contribution in [-0.2, 0) is 26.1 Å². The topological polar surface area (TPSA) is 111 Å². The molecule has 2 rings (SSSR count). The Bertz CT molecular complexity index is 1060. The van der Waals surface area contributed by atoms with E-state index in [1.54, 1.807) is 26.8 Å². The van der Waals surface area contributed by atoms with Crippen LogP contribution in [0, 0.1) is 5.82 Å². The highest BCUT2D eigenvalue weighted by Gasteiger charge is 2.26. The highest BCUT2D eigenvalue weighted by molar-refractivity contribution is 7.89. The molecule has 2 aromatic rings. The van der Waals surface area contributed by atoms with Gasteiger partial charge in [0.25, 0.3) is 5.91 Å². The zero-order chi connectivity index (χ0) is 23.2. The molecule has 0 aromatic heterocycles. The van der Waals surface area contributed by atoms with E-state index in [9.17, 15) is 22.4 Å². The molecule has 2 N–H and O–H groups in total. The van der Waals surface area contributed by atoms with Crippen molar-refractivity contribution in [3.63, 3.8) is 0 Å². The molecule has 0 bridgehead atoms. The minimum absolute atomic E-state index is 0.0518. The molecule has 8 nitrogen and oxygen atoms in total. The van der Waals surface area contributed by atoms with E-state index < -0.39 is 39.9 Å². The van der Waals surface area contributed by atoms with Gasteiger partial charge in [-0.1, -0.05) is 18.2 Å². The van der Waals surface area contributed by atoms with E-state index >= 15 is 0 Å². The molecule has 0 aliphatic heterocycles. The lowest BCUT2D eigenvalue weighted by atomic mass is 10.1. The summed E-state index contributed by atoms with van der Waals surface area (Å²) in [6, 6.07) is 9.72. The van der Waals surface area contributed by atoms with Crippen LogP contribution in [0.5, 0.6) is 5.75 Å². The lowest BCUT2D eigenvalue weighted by Gasteiger charge is -2.21. The van der Waals surface area contributed by atoms with E-state index in [1.165, 1.54) is 37.4 Å². The van der Waals surface area contributed by atoms with Crippen molar-refractivity contribution in [1.29, 1.82) is 0 Å². The van der Waals surface area contributed by atoms with E-state index in [4.69, 9.17) is 9.47 Å². The molecule has 0 heterocycles. The SMILES string of the molecule is COc1ccc(C(=O)OCC(=O)NCc2ccccc2F)cc1S(=O)(=O)NC(C)(C)C. The monoisotopic (exact) mass is 452 g/mol. The van der Waals surface area contributed by atoms with Crippen molar-refractivity contribution >= 4 is 21.9 Å². The molecule has 0 saturated heterocycles. The predicted octanol–water partition coefficient (Wildman–Crippen LogP) is 2.38. The van der Waals surface area contributed by atoms with Crippen LogP contribution in [0.1, 0.15) is 36.7 Å². The Morgan fingerprint density at radius 3 is 2.39 bits per heavy atom. The van der Waals surface area contributed by atoms with Crippen LogP contribution in [0.2, 0.25) is 0 Å². The van der Waals surface area contributed by atoms with Crippen molar-refractivity contribution in [1.82, 2.24) is 10.0 Å². The smallest absolute Gasteiger partial charge is 0.338 e. The number of esters is 1. The first-order valence-corrected chi connectivity index (χ1v) is 10.8. The molecular weight excluding hydrogens is 427 g/mol. The third kappa shape index (κ3) is 7.04. The molecule has 0 aliphatic rings. The summed E-state index contributed by atoms with van der Waals surface area (Å²) in [5, 5.41) is 2.44.